The van der Waals surface area contributed by atoms with E-state index in [1.807, 2.05) is 32.3 Å². The number of nitrogens with one attached hydrogen (secondary N) is 1. The van der Waals surface area contributed by atoms with Crippen molar-refractivity contribution in [2.75, 3.05) is 6.61 Å². The SMILES string of the molecule is CCOC(=O)c1cc(-c2ccc(F)cc2)n(CCC(=O)NC(C)(C)CC)c1C. The van der Waals surface area contributed by atoms with Crippen LogP contribution >= 0.6 is 0 Å². The maximum absolute atomic E-state index is 13.3. The third-order valence-corrected chi connectivity index (χ3v) is 4.93. The number of hydrogen-bond donors (Lipinski definition) is 1. The molecule has 0 atom stereocenters. The van der Waals surface area contributed by atoms with Gasteiger partial charge in [-0.1, -0.05) is 6.92 Å². The molecule has 0 saturated heterocycles. The molecule has 2 rings (SSSR count). The van der Waals surface area contributed by atoms with Gasteiger partial charge >= 0.3 is 5.97 Å². The second kappa shape index (κ2) is 9.04. The average Bonchev–Trinajstić information content (AvgIpc) is 2.97. The van der Waals surface area contributed by atoms with E-state index in [9.17, 15) is 14.0 Å². The summed E-state index contributed by atoms with van der Waals surface area (Å²) in [6, 6.07) is 7.82. The van der Waals surface area contributed by atoms with Crippen LogP contribution in [0.3, 0.4) is 0 Å². The number of halogens is 1. The first-order valence-electron chi connectivity index (χ1n) is 9.62. The second-order valence-electron chi connectivity index (χ2n) is 7.44. The van der Waals surface area contributed by atoms with Gasteiger partial charge < -0.3 is 14.6 Å². The zero-order valence-electron chi connectivity index (χ0n) is 17.3. The number of hydrogen-bond acceptors (Lipinski definition) is 3. The van der Waals surface area contributed by atoms with Crippen molar-refractivity contribution >= 4 is 11.9 Å². The number of amides is 1. The predicted molar refractivity (Wildman–Crippen MR) is 108 cm³/mol. The molecule has 0 aliphatic heterocycles. The van der Waals surface area contributed by atoms with Crippen molar-refractivity contribution in [2.24, 2.45) is 0 Å². The summed E-state index contributed by atoms with van der Waals surface area (Å²) < 4.78 is 20.4. The van der Waals surface area contributed by atoms with E-state index in [4.69, 9.17) is 4.74 Å². The van der Waals surface area contributed by atoms with Gasteiger partial charge in [-0.15, -0.1) is 0 Å². The average molecular weight is 388 g/mol. The molecule has 152 valence electrons. The lowest BCUT2D eigenvalue weighted by Crippen LogP contribution is -2.43. The zero-order valence-corrected chi connectivity index (χ0v) is 17.3. The minimum Gasteiger partial charge on any atom is -0.462 e. The first kappa shape index (κ1) is 21.7. The van der Waals surface area contributed by atoms with Crippen molar-refractivity contribution in [1.82, 2.24) is 9.88 Å². The third kappa shape index (κ3) is 5.21. The van der Waals surface area contributed by atoms with Gasteiger partial charge in [0.05, 0.1) is 12.2 Å². The van der Waals surface area contributed by atoms with Gasteiger partial charge in [-0.25, -0.2) is 9.18 Å². The Morgan fingerprint density at radius 1 is 1.18 bits per heavy atom. The van der Waals surface area contributed by atoms with Crippen molar-refractivity contribution in [3.05, 3.63) is 47.4 Å². The molecule has 0 unspecified atom stereocenters. The number of carbonyl (C=O) groups is 2. The molecule has 1 heterocycles. The molecule has 0 spiro atoms. The van der Waals surface area contributed by atoms with Crippen LogP contribution in [-0.4, -0.2) is 28.6 Å². The summed E-state index contributed by atoms with van der Waals surface area (Å²) in [6.45, 7) is 10.3. The highest BCUT2D eigenvalue weighted by atomic mass is 19.1. The molecule has 1 N–H and O–H groups in total. The fourth-order valence-corrected chi connectivity index (χ4v) is 2.95. The zero-order chi connectivity index (χ0) is 20.9. The highest BCUT2D eigenvalue weighted by Gasteiger charge is 2.21. The maximum Gasteiger partial charge on any atom is 0.339 e. The van der Waals surface area contributed by atoms with Crippen LogP contribution in [0.5, 0.6) is 0 Å². The molecular formula is C22H29FN2O3. The molecule has 0 bridgehead atoms. The van der Waals surface area contributed by atoms with E-state index >= 15 is 0 Å². The van der Waals surface area contributed by atoms with Crippen LogP contribution in [0.25, 0.3) is 11.3 Å². The number of carbonyl (C=O) groups excluding carboxylic acids is 2. The molecule has 0 aliphatic carbocycles. The molecule has 5 nitrogen and oxygen atoms in total. The molecule has 0 aliphatic rings. The molecule has 0 radical (unpaired) electrons. The third-order valence-electron chi connectivity index (χ3n) is 4.93. The summed E-state index contributed by atoms with van der Waals surface area (Å²) in [6.07, 6.45) is 1.10. The Bertz CT molecular complexity index is 838. The van der Waals surface area contributed by atoms with Crippen LogP contribution in [0.1, 0.15) is 56.6 Å². The number of aromatic nitrogens is 1. The minimum atomic E-state index is -0.404. The lowest BCUT2D eigenvalue weighted by atomic mass is 10.0. The molecule has 1 aromatic heterocycles. The normalized spacial score (nSPS) is 11.4. The molecule has 1 aromatic carbocycles. The molecular weight excluding hydrogens is 359 g/mol. The number of esters is 1. The van der Waals surface area contributed by atoms with Crippen LogP contribution in [0, 0.1) is 12.7 Å². The van der Waals surface area contributed by atoms with Crippen LogP contribution in [-0.2, 0) is 16.1 Å². The molecule has 0 saturated carbocycles. The highest BCUT2D eigenvalue weighted by Crippen LogP contribution is 2.27. The fraction of sp³-hybridized carbons (Fsp3) is 0.455. The van der Waals surface area contributed by atoms with Gasteiger partial charge in [0.2, 0.25) is 5.91 Å². The van der Waals surface area contributed by atoms with Crippen molar-refractivity contribution < 1.29 is 18.7 Å². The molecule has 28 heavy (non-hydrogen) atoms. The molecule has 6 heteroatoms. The van der Waals surface area contributed by atoms with Gasteiger partial charge in [0.25, 0.3) is 0 Å². The van der Waals surface area contributed by atoms with Gasteiger partial charge in [0.1, 0.15) is 5.82 Å². The largest absolute Gasteiger partial charge is 0.462 e. The lowest BCUT2D eigenvalue weighted by molar-refractivity contribution is -0.122. The topological polar surface area (TPSA) is 60.3 Å². The number of benzene rings is 1. The first-order valence-corrected chi connectivity index (χ1v) is 9.62. The van der Waals surface area contributed by atoms with Crippen molar-refractivity contribution in [3.8, 4) is 11.3 Å². The summed E-state index contributed by atoms with van der Waals surface area (Å²) in [5.41, 5.74) is 2.44. The molecule has 2 aromatic rings. The van der Waals surface area contributed by atoms with Crippen LogP contribution < -0.4 is 5.32 Å². The summed E-state index contributed by atoms with van der Waals surface area (Å²) in [4.78, 5) is 24.7. The molecule has 1 amide bonds. The van der Waals surface area contributed by atoms with Gasteiger partial charge in [0, 0.05) is 29.9 Å². The van der Waals surface area contributed by atoms with E-state index in [0.29, 0.717) is 12.1 Å². The number of nitrogens with zero attached hydrogens (tertiary/aromatic N) is 1. The Morgan fingerprint density at radius 3 is 2.39 bits per heavy atom. The van der Waals surface area contributed by atoms with E-state index in [2.05, 4.69) is 5.32 Å². The lowest BCUT2D eigenvalue weighted by Gasteiger charge is -2.24. The molecule has 0 fully saturated rings. The van der Waals surface area contributed by atoms with Gasteiger partial charge in [0.15, 0.2) is 0 Å². The Hall–Kier alpha value is -2.63. The summed E-state index contributed by atoms with van der Waals surface area (Å²) in [5, 5.41) is 3.02. The fourth-order valence-electron chi connectivity index (χ4n) is 2.95. The number of rotatable bonds is 8. The van der Waals surface area contributed by atoms with Crippen molar-refractivity contribution in [2.45, 2.75) is 59.5 Å². The predicted octanol–water partition coefficient (Wildman–Crippen LogP) is 4.47. The summed E-state index contributed by atoms with van der Waals surface area (Å²) in [5.74, 6) is -0.785. The van der Waals surface area contributed by atoms with Crippen LogP contribution in [0.15, 0.2) is 30.3 Å². The van der Waals surface area contributed by atoms with Crippen molar-refractivity contribution in [1.29, 1.82) is 0 Å². The van der Waals surface area contributed by atoms with E-state index < -0.39 is 5.97 Å². The Labute approximate surface area is 165 Å². The quantitative estimate of drug-likeness (QED) is 0.679. The van der Waals surface area contributed by atoms with E-state index in [1.54, 1.807) is 25.1 Å². The number of ether oxygens (including phenoxy) is 1. The van der Waals surface area contributed by atoms with E-state index in [-0.39, 0.29) is 30.3 Å². The Balaban J connectivity index is 2.33. The van der Waals surface area contributed by atoms with Gasteiger partial charge in [-0.2, -0.15) is 0 Å². The summed E-state index contributed by atoms with van der Waals surface area (Å²) in [7, 11) is 0. The van der Waals surface area contributed by atoms with Crippen LogP contribution in [0.4, 0.5) is 4.39 Å². The first-order chi connectivity index (χ1) is 13.2. The van der Waals surface area contributed by atoms with Crippen molar-refractivity contribution in [3.63, 3.8) is 0 Å². The van der Waals surface area contributed by atoms with E-state index in [1.165, 1.54) is 12.1 Å². The maximum atomic E-state index is 13.3. The minimum absolute atomic E-state index is 0.0531. The van der Waals surface area contributed by atoms with E-state index in [0.717, 1.165) is 23.4 Å². The highest BCUT2D eigenvalue weighted by molar-refractivity contribution is 5.92. The van der Waals surface area contributed by atoms with Gasteiger partial charge in [-0.3, -0.25) is 4.79 Å². The smallest absolute Gasteiger partial charge is 0.339 e. The standard InChI is InChI=1S/C22H29FN2O3/c1-6-22(4,5)24-20(26)12-13-25-15(3)18(21(27)28-7-2)14-19(25)16-8-10-17(23)11-9-16/h8-11,14H,6-7,12-13H2,1-5H3,(H,24,26). The van der Waals surface area contributed by atoms with Gasteiger partial charge in [-0.05, 0) is 70.0 Å². The van der Waals surface area contributed by atoms with Crippen LogP contribution in [0.2, 0.25) is 0 Å². The Kier molecular flexibility index (Phi) is 7.00. The second-order valence-corrected chi connectivity index (χ2v) is 7.44. The Morgan fingerprint density at radius 2 is 1.82 bits per heavy atom. The monoisotopic (exact) mass is 388 g/mol. The summed E-state index contributed by atoms with van der Waals surface area (Å²) >= 11 is 0.